The lowest BCUT2D eigenvalue weighted by Gasteiger charge is -2.18. The summed E-state index contributed by atoms with van der Waals surface area (Å²) in [7, 11) is 0. The van der Waals surface area contributed by atoms with Crippen LogP contribution in [-0.2, 0) is 0 Å². The molecule has 0 radical (unpaired) electrons. The van der Waals surface area contributed by atoms with E-state index in [2.05, 4.69) is 194 Å². The molecule has 0 amide bonds. The average Bonchev–Trinajstić information content (AvgIpc) is 3.59. The van der Waals surface area contributed by atoms with E-state index >= 15 is 0 Å². The minimum atomic E-state index is 0.900. The normalized spacial score (nSPS) is 11.5. The lowest BCUT2D eigenvalue weighted by atomic mass is 9.84. The van der Waals surface area contributed by atoms with E-state index in [1.54, 1.807) is 0 Å². The van der Waals surface area contributed by atoms with E-state index in [4.69, 9.17) is 4.42 Å². The molecule has 10 rings (SSSR count). The second-order valence-electron chi connectivity index (χ2n) is 13.2. The van der Waals surface area contributed by atoms with Gasteiger partial charge >= 0.3 is 0 Å². The van der Waals surface area contributed by atoms with Crippen molar-refractivity contribution in [2.75, 3.05) is 0 Å². The number of furan rings is 1. The first-order valence-electron chi connectivity index (χ1n) is 17.5. The fourth-order valence-electron chi connectivity index (χ4n) is 7.89. The second kappa shape index (κ2) is 12.0. The molecule has 0 aliphatic heterocycles. The van der Waals surface area contributed by atoms with Gasteiger partial charge in [-0.15, -0.1) is 0 Å². The van der Waals surface area contributed by atoms with Crippen molar-refractivity contribution < 1.29 is 4.42 Å². The number of fused-ring (bicyclic) bond motifs is 5. The quantitative estimate of drug-likeness (QED) is 0.169. The molecule has 1 aromatic heterocycles. The van der Waals surface area contributed by atoms with Gasteiger partial charge in [0.1, 0.15) is 11.2 Å². The Morgan fingerprint density at radius 3 is 1.24 bits per heavy atom. The van der Waals surface area contributed by atoms with Crippen LogP contribution in [0.2, 0.25) is 0 Å². The molecular formula is C50H32O. The fraction of sp³-hybridized carbons (Fsp3) is 0. The molecule has 0 spiro atoms. The van der Waals surface area contributed by atoms with Gasteiger partial charge in [-0.05, 0) is 95.4 Å². The number of hydrogen-bond donors (Lipinski definition) is 0. The molecule has 51 heavy (non-hydrogen) atoms. The summed E-state index contributed by atoms with van der Waals surface area (Å²) in [6.45, 7) is 0. The monoisotopic (exact) mass is 648 g/mol. The summed E-state index contributed by atoms with van der Waals surface area (Å²) in [6.07, 6.45) is 0. The first-order valence-corrected chi connectivity index (χ1v) is 17.5. The molecule has 0 aliphatic rings. The zero-order valence-electron chi connectivity index (χ0n) is 27.9. The third-order valence-electron chi connectivity index (χ3n) is 10.3. The third-order valence-corrected chi connectivity index (χ3v) is 10.3. The maximum Gasteiger partial charge on any atom is 0.136 e. The molecule has 0 N–H and O–H groups in total. The van der Waals surface area contributed by atoms with Crippen LogP contribution >= 0.6 is 0 Å². The van der Waals surface area contributed by atoms with E-state index in [-0.39, 0.29) is 0 Å². The number of benzene rings is 9. The van der Waals surface area contributed by atoms with E-state index < -0.39 is 0 Å². The van der Waals surface area contributed by atoms with Crippen molar-refractivity contribution in [3.63, 3.8) is 0 Å². The first-order chi connectivity index (χ1) is 25.3. The van der Waals surface area contributed by atoms with Crippen LogP contribution in [0.5, 0.6) is 0 Å². The molecule has 1 heteroatoms. The molecule has 0 atom stereocenters. The second-order valence-corrected chi connectivity index (χ2v) is 13.2. The molecule has 9 aromatic carbocycles. The van der Waals surface area contributed by atoms with E-state index in [0.29, 0.717) is 0 Å². The van der Waals surface area contributed by atoms with Gasteiger partial charge in [-0.1, -0.05) is 176 Å². The first kappa shape index (κ1) is 29.2. The zero-order chi connectivity index (χ0) is 33.7. The highest BCUT2D eigenvalue weighted by Gasteiger charge is 2.20. The molecule has 0 saturated heterocycles. The van der Waals surface area contributed by atoms with E-state index in [1.165, 1.54) is 77.2 Å². The summed E-state index contributed by atoms with van der Waals surface area (Å²) in [5.41, 5.74) is 13.9. The minimum Gasteiger partial charge on any atom is -0.456 e. The van der Waals surface area contributed by atoms with Crippen LogP contribution in [0.1, 0.15) is 0 Å². The standard InChI is InChI=1S/C50H32O/c1-3-12-33(13-4-1)35-22-24-36(25-23-35)37-26-28-38(29-27-37)48-40-16-7-9-18-42(40)49(43-19-10-8-17-41(43)48)44-20-11-21-47-50(44)45-32-39(30-31-46(45)51-47)34-14-5-2-6-15-34/h1-32H. The summed E-state index contributed by atoms with van der Waals surface area (Å²) in [5.74, 6) is 0. The Hall–Kier alpha value is -6.70. The van der Waals surface area contributed by atoms with Crippen molar-refractivity contribution in [2.45, 2.75) is 0 Å². The van der Waals surface area contributed by atoms with Gasteiger partial charge in [-0.3, -0.25) is 0 Å². The zero-order valence-corrected chi connectivity index (χ0v) is 27.9. The summed E-state index contributed by atoms with van der Waals surface area (Å²) < 4.78 is 6.50. The molecule has 10 aromatic rings. The molecule has 0 bridgehead atoms. The largest absolute Gasteiger partial charge is 0.456 e. The Kier molecular flexibility index (Phi) is 6.89. The van der Waals surface area contributed by atoms with Crippen LogP contribution < -0.4 is 0 Å². The lowest BCUT2D eigenvalue weighted by molar-refractivity contribution is 0.669. The van der Waals surface area contributed by atoms with E-state index in [0.717, 1.165) is 21.9 Å². The predicted octanol–water partition coefficient (Wildman–Crippen LogP) is 14.2. The van der Waals surface area contributed by atoms with Gasteiger partial charge < -0.3 is 4.42 Å². The van der Waals surface area contributed by atoms with Gasteiger partial charge in [0.05, 0.1) is 0 Å². The van der Waals surface area contributed by atoms with Gasteiger partial charge in [-0.25, -0.2) is 0 Å². The van der Waals surface area contributed by atoms with Crippen LogP contribution in [-0.4, -0.2) is 0 Å². The van der Waals surface area contributed by atoms with Crippen molar-refractivity contribution in [1.82, 2.24) is 0 Å². The lowest BCUT2D eigenvalue weighted by Crippen LogP contribution is -1.91. The van der Waals surface area contributed by atoms with E-state index in [1.807, 2.05) is 0 Å². The van der Waals surface area contributed by atoms with Crippen LogP contribution in [0.4, 0.5) is 0 Å². The Bertz CT molecular complexity index is 2800. The summed E-state index contributed by atoms with van der Waals surface area (Å²) in [6, 6.07) is 69.9. The van der Waals surface area contributed by atoms with Crippen molar-refractivity contribution in [2.24, 2.45) is 0 Å². The Balaban J connectivity index is 1.14. The van der Waals surface area contributed by atoms with Crippen molar-refractivity contribution in [1.29, 1.82) is 0 Å². The molecule has 1 heterocycles. The predicted molar refractivity (Wildman–Crippen MR) is 216 cm³/mol. The average molecular weight is 649 g/mol. The van der Waals surface area contributed by atoms with E-state index in [9.17, 15) is 0 Å². The molecule has 1 nitrogen and oxygen atoms in total. The fourth-order valence-corrected chi connectivity index (χ4v) is 7.89. The maximum absolute atomic E-state index is 6.50. The van der Waals surface area contributed by atoms with Gasteiger partial charge in [0.25, 0.3) is 0 Å². The van der Waals surface area contributed by atoms with Crippen LogP contribution in [0.15, 0.2) is 199 Å². The van der Waals surface area contributed by atoms with Gasteiger partial charge in [0.2, 0.25) is 0 Å². The Morgan fingerprint density at radius 2 is 0.686 bits per heavy atom. The summed E-state index contributed by atoms with van der Waals surface area (Å²) in [4.78, 5) is 0. The van der Waals surface area contributed by atoms with Gasteiger partial charge in [-0.2, -0.15) is 0 Å². The third kappa shape index (κ3) is 4.94. The van der Waals surface area contributed by atoms with Crippen LogP contribution in [0, 0.1) is 0 Å². The molecule has 0 saturated carbocycles. The Morgan fingerprint density at radius 1 is 0.255 bits per heavy atom. The topological polar surface area (TPSA) is 13.1 Å². The SMILES string of the molecule is c1ccc(-c2ccc(-c3ccc(-c4c5ccccc5c(-c5cccc6oc7ccc(-c8ccccc8)cc7c56)c5ccccc45)cc3)cc2)cc1. The Labute approximate surface area is 296 Å². The maximum atomic E-state index is 6.50. The van der Waals surface area contributed by atoms with Gasteiger partial charge in [0, 0.05) is 10.8 Å². The number of hydrogen-bond acceptors (Lipinski definition) is 1. The molecule has 0 aliphatic carbocycles. The van der Waals surface area contributed by atoms with Crippen molar-refractivity contribution in [3.05, 3.63) is 194 Å². The summed E-state index contributed by atoms with van der Waals surface area (Å²) >= 11 is 0. The highest BCUT2D eigenvalue weighted by molar-refractivity contribution is 6.25. The molecule has 0 unspecified atom stereocenters. The van der Waals surface area contributed by atoms with Crippen molar-refractivity contribution in [3.8, 4) is 55.6 Å². The highest BCUT2D eigenvalue weighted by atomic mass is 16.3. The highest BCUT2D eigenvalue weighted by Crippen LogP contribution is 2.47. The van der Waals surface area contributed by atoms with Crippen LogP contribution in [0.3, 0.4) is 0 Å². The molecule has 238 valence electrons. The smallest absolute Gasteiger partial charge is 0.136 e. The molecular weight excluding hydrogens is 617 g/mol. The van der Waals surface area contributed by atoms with Crippen molar-refractivity contribution >= 4 is 43.5 Å². The van der Waals surface area contributed by atoms with Gasteiger partial charge in [0.15, 0.2) is 0 Å². The van der Waals surface area contributed by atoms with Crippen LogP contribution in [0.25, 0.3) is 99.1 Å². The summed E-state index contributed by atoms with van der Waals surface area (Å²) in [5, 5.41) is 7.21. The molecule has 0 fully saturated rings. The number of rotatable bonds is 5. The minimum absolute atomic E-state index is 0.900.